The lowest BCUT2D eigenvalue weighted by atomic mass is 9.94. The SMILES string of the molecule is Cc1ccc2c(c1)nc(CC1CCNCC1)n2C1CC1. The minimum atomic E-state index is 0.722. The molecule has 20 heavy (non-hydrogen) atoms. The van der Waals surface area contributed by atoms with E-state index >= 15 is 0 Å². The van der Waals surface area contributed by atoms with Crippen LogP contribution in [0.2, 0.25) is 0 Å². The van der Waals surface area contributed by atoms with Crippen molar-refractivity contribution in [2.75, 3.05) is 13.1 Å². The highest BCUT2D eigenvalue weighted by molar-refractivity contribution is 5.77. The molecule has 0 unspecified atom stereocenters. The van der Waals surface area contributed by atoms with E-state index in [2.05, 4.69) is 35.0 Å². The number of nitrogens with zero attached hydrogens (tertiary/aromatic N) is 2. The fourth-order valence-corrected chi connectivity index (χ4v) is 3.49. The van der Waals surface area contributed by atoms with Crippen LogP contribution in [0.15, 0.2) is 18.2 Å². The summed E-state index contributed by atoms with van der Waals surface area (Å²) in [6, 6.07) is 7.44. The molecule has 0 spiro atoms. The van der Waals surface area contributed by atoms with Gasteiger partial charge in [0.25, 0.3) is 0 Å². The van der Waals surface area contributed by atoms with Crippen molar-refractivity contribution in [2.45, 2.75) is 45.1 Å². The fourth-order valence-electron chi connectivity index (χ4n) is 3.49. The van der Waals surface area contributed by atoms with Crippen molar-refractivity contribution in [1.29, 1.82) is 0 Å². The van der Waals surface area contributed by atoms with Gasteiger partial charge in [-0.3, -0.25) is 0 Å². The van der Waals surface area contributed by atoms with Gasteiger partial charge in [-0.2, -0.15) is 0 Å². The third kappa shape index (κ3) is 2.24. The maximum absolute atomic E-state index is 4.97. The van der Waals surface area contributed by atoms with Crippen LogP contribution in [0.25, 0.3) is 11.0 Å². The third-order valence-electron chi connectivity index (χ3n) is 4.76. The first-order valence-electron chi connectivity index (χ1n) is 7.99. The number of aromatic nitrogens is 2. The van der Waals surface area contributed by atoms with Crippen LogP contribution in [-0.4, -0.2) is 22.6 Å². The van der Waals surface area contributed by atoms with E-state index in [0.29, 0.717) is 0 Å². The van der Waals surface area contributed by atoms with Crippen LogP contribution in [0.4, 0.5) is 0 Å². The van der Waals surface area contributed by atoms with Crippen molar-refractivity contribution < 1.29 is 0 Å². The zero-order valence-electron chi connectivity index (χ0n) is 12.2. The highest BCUT2D eigenvalue weighted by Crippen LogP contribution is 2.39. The second-order valence-electron chi connectivity index (χ2n) is 6.52. The predicted octanol–water partition coefficient (Wildman–Crippen LogP) is 3.22. The van der Waals surface area contributed by atoms with E-state index in [9.17, 15) is 0 Å². The summed E-state index contributed by atoms with van der Waals surface area (Å²) >= 11 is 0. The van der Waals surface area contributed by atoms with Crippen LogP contribution in [0.5, 0.6) is 0 Å². The highest BCUT2D eigenvalue weighted by atomic mass is 15.1. The standard InChI is InChI=1S/C17H23N3/c1-12-2-5-16-15(10-12)19-17(20(16)14-3-4-14)11-13-6-8-18-9-7-13/h2,5,10,13-14,18H,3-4,6-9,11H2,1H3. The van der Waals surface area contributed by atoms with Crippen LogP contribution in [0, 0.1) is 12.8 Å². The summed E-state index contributed by atoms with van der Waals surface area (Å²) in [6.07, 6.45) is 6.42. The van der Waals surface area contributed by atoms with Gasteiger partial charge in [-0.15, -0.1) is 0 Å². The lowest BCUT2D eigenvalue weighted by Gasteiger charge is -2.22. The number of hydrogen-bond donors (Lipinski definition) is 1. The minimum absolute atomic E-state index is 0.722. The Morgan fingerprint density at radius 3 is 2.75 bits per heavy atom. The van der Waals surface area contributed by atoms with Crippen molar-refractivity contribution in [3.05, 3.63) is 29.6 Å². The second kappa shape index (κ2) is 4.88. The van der Waals surface area contributed by atoms with Gasteiger partial charge in [0.05, 0.1) is 11.0 Å². The Bertz CT molecular complexity index is 618. The van der Waals surface area contributed by atoms with Gasteiger partial charge in [-0.25, -0.2) is 4.98 Å². The molecule has 0 atom stereocenters. The van der Waals surface area contributed by atoms with E-state index in [1.54, 1.807) is 0 Å². The normalized spacial score (nSPS) is 20.6. The van der Waals surface area contributed by atoms with Crippen LogP contribution in [0.1, 0.15) is 43.1 Å². The first kappa shape index (κ1) is 12.4. The summed E-state index contributed by atoms with van der Waals surface area (Å²) in [5, 5.41) is 3.46. The monoisotopic (exact) mass is 269 g/mol. The minimum Gasteiger partial charge on any atom is -0.325 e. The van der Waals surface area contributed by atoms with E-state index in [1.807, 2.05) is 0 Å². The largest absolute Gasteiger partial charge is 0.325 e. The molecule has 2 aromatic rings. The van der Waals surface area contributed by atoms with Gasteiger partial charge >= 0.3 is 0 Å². The average Bonchev–Trinajstić information content (AvgIpc) is 3.22. The number of piperidine rings is 1. The molecule has 0 amide bonds. The van der Waals surface area contributed by atoms with E-state index in [4.69, 9.17) is 4.98 Å². The molecular weight excluding hydrogens is 246 g/mol. The van der Waals surface area contributed by atoms with Gasteiger partial charge in [0, 0.05) is 12.5 Å². The van der Waals surface area contributed by atoms with E-state index in [0.717, 1.165) is 18.4 Å². The van der Waals surface area contributed by atoms with Gasteiger partial charge in [0.1, 0.15) is 5.82 Å². The van der Waals surface area contributed by atoms with Gasteiger partial charge in [0.2, 0.25) is 0 Å². The van der Waals surface area contributed by atoms with Crippen molar-refractivity contribution in [3.8, 4) is 0 Å². The first-order chi connectivity index (χ1) is 9.81. The second-order valence-corrected chi connectivity index (χ2v) is 6.52. The van der Waals surface area contributed by atoms with Gasteiger partial charge in [0.15, 0.2) is 0 Å². The summed E-state index contributed by atoms with van der Waals surface area (Å²) in [6.45, 7) is 4.50. The Morgan fingerprint density at radius 1 is 1.20 bits per heavy atom. The first-order valence-corrected chi connectivity index (χ1v) is 7.99. The van der Waals surface area contributed by atoms with E-state index in [1.165, 1.54) is 61.2 Å². The molecular formula is C17H23N3. The molecule has 0 bridgehead atoms. The van der Waals surface area contributed by atoms with E-state index < -0.39 is 0 Å². The number of imidazole rings is 1. The van der Waals surface area contributed by atoms with Crippen LogP contribution < -0.4 is 5.32 Å². The molecule has 2 aliphatic rings. The summed E-state index contributed by atoms with van der Waals surface area (Å²) in [7, 11) is 0. The van der Waals surface area contributed by atoms with Crippen molar-refractivity contribution in [1.82, 2.24) is 14.9 Å². The van der Waals surface area contributed by atoms with Crippen molar-refractivity contribution in [2.24, 2.45) is 5.92 Å². The fraction of sp³-hybridized carbons (Fsp3) is 0.588. The maximum atomic E-state index is 4.97. The molecule has 3 nitrogen and oxygen atoms in total. The summed E-state index contributed by atoms with van der Waals surface area (Å²) < 4.78 is 2.54. The van der Waals surface area contributed by atoms with Gasteiger partial charge < -0.3 is 9.88 Å². The van der Waals surface area contributed by atoms with E-state index in [-0.39, 0.29) is 0 Å². The Balaban J connectivity index is 1.71. The molecule has 1 N–H and O–H groups in total. The maximum Gasteiger partial charge on any atom is 0.110 e. The molecule has 1 aromatic heterocycles. The molecule has 1 aliphatic heterocycles. The molecule has 0 radical (unpaired) electrons. The molecule has 1 saturated heterocycles. The quantitative estimate of drug-likeness (QED) is 0.927. The lowest BCUT2D eigenvalue weighted by Crippen LogP contribution is -2.29. The molecule has 2 fully saturated rings. The zero-order valence-corrected chi connectivity index (χ0v) is 12.2. The Morgan fingerprint density at radius 2 is 2.00 bits per heavy atom. The smallest absolute Gasteiger partial charge is 0.110 e. The summed E-state index contributed by atoms with van der Waals surface area (Å²) in [5.74, 6) is 2.15. The summed E-state index contributed by atoms with van der Waals surface area (Å²) in [4.78, 5) is 4.97. The number of aryl methyl sites for hydroxylation is 1. The van der Waals surface area contributed by atoms with Gasteiger partial charge in [-0.05, 0) is 69.3 Å². The molecule has 106 valence electrons. The Kier molecular flexibility index (Phi) is 3.03. The zero-order chi connectivity index (χ0) is 13.5. The Labute approximate surface area is 120 Å². The van der Waals surface area contributed by atoms with Crippen LogP contribution in [0.3, 0.4) is 0 Å². The highest BCUT2D eigenvalue weighted by Gasteiger charge is 2.29. The topological polar surface area (TPSA) is 29.9 Å². The van der Waals surface area contributed by atoms with Crippen LogP contribution in [-0.2, 0) is 6.42 Å². The van der Waals surface area contributed by atoms with Crippen molar-refractivity contribution >= 4 is 11.0 Å². The van der Waals surface area contributed by atoms with Crippen molar-refractivity contribution in [3.63, 3.8) is 0 Å². The Hall–Kier alpha value is -1.35. The molecule has 1 aromatic carbocycles. The number of fused-ring (bicyclic) bond motifs is 1. The molecule has 2 heterocycles. The third-order valence-corrected chi connectivity index (χ3v) is 4.76. The molecule has 1 saturated carbocycles. The molecule has 3 heteroatoms. The number of nitrogens with one attached hydrogen (secondary N) is 1. The number of benzene rings is 1. The predicted molar refractivity (Wildman–Crippen MR) is 82.0 cm³/mol. The molecule has 4 rings (SSSR count). The number of rotatable bonds is 3. The van der Waals surface area contributed by atoms with Gasteiger partial charge in [-0.1, -0.05) is 6.07 Å². The lowest BCUT2D eigenvalue weighted by molar-refractivity contribution is 0.363. The molecule has 1 aliphatic carbocycles. The number of hydrogen-bond acceptors (Lipinski definition) is 2. The van der Waals surface area contributed by atoms with Crippen LogP contribution >= 0.6 is 0 Å². The average molecular weight is 269 g/mol. The summed E-state index contributed by atoms with van der Waals surface area (Å²) in [5.41, 5.74) is 3.86.